The Labute approximate surface area is 137 Å². The van der Waals surface area contributed by atoms with E-state index in [1.165, 1.54) is 37.4 Å². The van der Waals surface area contributed by atoms with Gasteiger partial charge in [-0.3, -0.25) is 10.0 Å². The Kier molecular flexibility index (Phi) is 9.75. The molecule has 0 aliphatic heterocycles. The summed E-state index contributed by atoms with van der Waals surface area (Å²) >= 11 is 1.47. The molecule has 1 rings (SSSR count). The molecule has 0 radical (unpaired) electrons. The summed E-state index contributed by atoms with van der Waals surface area (Å²) in [5.74, 6) is 0.439. The summed E-state index contributed by atoms with van der Waals surface area (Å²) in [6.45, 7) is 2.20. The second-order valence-electron chi connectivity index (χ2n) is 5.32. The van der Waals surface area contributed by atoms with Crippen LogP contribution in [0, 0.1) is 0 Å². The van der Waals surface area contributed by atoms with Gasteiger partial charge in [0, 0.05) is 4.90 Å². The van der Waals surface area contributed by atoms with E-state index in [1.54, 1.807) is 12.6 Å². The Morgan fingerprint density at radius 1 is 1.27 bits per heavy atom. The monoisotopic (exact) mass is 325 g/mol. The molecule has 0 saturated heterocycles. The molecular weight excluding hydrogens is 298 g/mol. The van der Waals surface area contributed by atoms with Crippen LogP contribution in [0.1, 0.15) is 51.9 Å². The number of hydroxylamine groups is 1. The highest BCUT2D eigenvalue weighted by Gasteiger charge is 2.19. The van der Waals surface area contributed by atoms with Gasteiger partial charge < -0.3 is 4.74 Å². The fraction of sp³-hybridized carbons (Fsp3) is 0.588. The summed E-state index contributed by atoms with van der Waals surface area (Å²) in [6, 6.07) is 7.63. The van der Waals surface area contributed by atoms with E-state index in [-0.39, 0.29) is 11.2 Å². The predicted octanol–water partition coefficient (Wildman–Crippen LogP) is 4.41. The van der Waals surface area contributed by atoms with Crippen molar-refractivity contribution in [3.8, 4) is 5.75 Å². The van der Waals surface area contributed by atoms with E-state index in [4.69, 9.17) is 9.94 Å². The maximum Gasteiger partial charge on any atom is 0.256 e. The number of ether oxygens (including phenoxy) is 1. The van der Waals surface area contributed by atoms with Crippen LogP contribution in [-0.4, -0.2) is 23.5 Å². The van der Waals surface area contributed by atoms with Crippen molar-refractivity contribution < 1.29 is 14.7 Å². The first-order chi connectivity index (χ1) is 10.7. The zero-order chi connectivity index (χ0) is 16.2. The van der Waals surface area contributed by atoms with Gasteiger partial charge in [-0.1, -0.05) is 51.5 Å². The minimum Gasteiger partial charge on any atom is -0.497 e. The normalized spacial score (nSPS) is 12.0. The number of nitrogens with one attached hydrogen (secondary N) is 1. The second-order valence-corrected chi connectivity index (χ2v) is 6.59. The van der Waals surface area contributed by atoms with Gasteiger partial charge in [-0.05, 0) is 24.6 Å². The van der Waals surface area contributed by atoms with Crippen LogP contribution in [0.5, 0.6) is 5.75 Å². The molecule has 0 aliphatic rings. The smallest absolute Gasteiger partial charge is 0.256 e. The van der Waals surface area contributed by atoms with E-state index in [1.807, 2.05) is 24.3 Å². The number of methoxy groups -OCH3 is 1. The van der Waals surface area contributed by atoms with Crippen LogP contribution in [0.3, 0.4) is 0 Å². The molecule has 1 unspecified atom stereocenters. The van der Waals surface area contributed by atoms with Crippen LogP contribution in [0.15, 0.2) is 29.2 Å². The number of amides is 1. The Balaban J connectivity index is 2.48. The molecule has 1 aromatic carbocycles. The highest BCUT2D eigenvalue weighted by Crippen LogP contribution is 2.29. The molecule has 4 nitrogen and oxygen atoms in total. The zero-order valence-electron chi connectivity index (χ0n) is 13.5. The molecule has 0 aromatic heterocycles. The third-order valence-corrected chi connectivity index (χ3v) is 4.80. The van der Waals surface area contributed by atoms with Gasteiger partial charge >= 0.3 is 0 Å². The Morgan fingerprint density at radius 2 is 2.00 bits per heavy atom. The van der Waals surface area contributed by atoms with Crippen LogP contribution in [-0.2, 0) is 4.79 Å². The first kappa shape index (κ1) is 18.8. The molecule has 0 bridgehead atoms. The number of rotatable bonds is 11. The summed E-state index contributed by atoms with van der Waals surface area (Å²) in [5, 5.41) is 8.64. The third kappa shape index (κ3) is 7.18. The second kappa shape index (κ2) is 11.4. The third-order valence-electron chi connectivity index (χ3n) is 3.54. The molecular formula is C17H27NO3S. The molecule has 0 heterocycles. The van der Waals surface area contributed by atoms with Crippen molar-refractivity contribution in [1.29, 1.82) is 0 Å². The fourth-order valence-electron chi connectivity index (χ4n) is 2.26. The van der Waals surface area contributed by atoms with Crippen molar-refractivity contribution in [2.75, 3.05) is 7.11 Å². The molecule has 2 N–H and O–H groups in total. The van der Waals surface area contributed by atoms with Crippen molar-refractivity contribution in [2.24, 2.45) is 0 Å². The summed E-state index contributed by atoms with van der Waals surface area (Å²) in [5.41, 5.74) is 1.78. The lowest BCUT2D eigenvalue weighted by atomic mass is 10.1. The van der Waals surface area contributed by atoms with E-state index in [2.05, 4.69) is 6.92 Å². The molecule has 0 aliphatic carbocycles. The van der Waals surface area contributed by atoms with Crippen molar-refractivity contribution in [3.05, 3.63) is 24.3 Å². The average molecular weight is 325 g/mol. The van der Waals surface area contributed by atoms with Crippen molar-refractivity contribution in [1.82, 2.24) is 5.48 Å². The van der Waals surface area contributed by atoms with Gasteiger partial charge in [0.05, 0.1) is 12.4 Å². The van der Waals surface area contributed by atoms with Crippen molar-refractivity contribution in [2.45, 2.75) is 62.0 Å². The summed E-state index contributed by atoms with van der Waals surface area (Å²) in [7, 11) is 1.62. The summed E-state index contributed by atoms with van der Waals surface area (Å²) < 4.78 is 5.20. The van der Waals surface area contributed by atoms with Gasteiger partial charge in [0.2, 0.25) is 0 Å². The number of hydrogen-bond donors (Lipinski definition) is 2. The number of hydrogen-bond acceptors (Lipinski definition) is 4. The Morgan fingerprint density at radius 3 is 2.68 bits per heavy atom. The Hall–Kier alpha value is -1.20. The van der Waals surface area contributed by atoms with E-state index < -0.39 is 0 Å². The van der Waals surface area contributed by atoms with E-state index in [0.29, 0.717) is 0 Å². The van der Waals surface area contributed by atoms with Crippen molar-refractivity contribution >= 4 is 17.7 Å². The first-order valence-electron chi connectivity index (χ1n) is 7.96. The topological polar surface area (TPSA) is 58.6 Å². The largest absolute Gasteiger partial charge is 0.497 e. The summed E-state index contributed by atoms with van der Waals surface area (Å²) in [6.07, 6.45) is 7.88. The molecule has 0 fully saturated rings. The Bertz CT molecular complexity index is 440. The highest BCUT2D eigenvalue weighted by atomic mass is 32.2. The van der Waals surface area contributed by atoms with Gasteiger partial charge in [0.1, 0.15) is 5.75 Å². The molecule has 5 heteroatoms. The van der Waals surface area contributed by atoms with Gasteiger partial charge in [-0.15, -0.1) is 11.8 Å². The average Bonchev–Trinajstić information content (AvgIpc) is 2.56. The molecule has 1 amide bonds. The van der Waals surface area contributed by atoms with Gasteiger partial charge in [-0.2, -0.15) is 0 Å². The zero-order valence-corrected chi connectivity index (χ0v) is 14.3. The lowest BCUT2D eigenvalue weighted by Gasteiger charge is -2.15. The molecule has 0 saturated carbocycles. The van der Waals surface area contributed by atoms with Crippen LogP contribution in [0.2, 0.25) is 0 Å². The molecule has 1 atom stereocenters. The van der Waals surface area contributed by atoms with E-state index in [9.17, 15) is 4.79 Å². The molecule has 1 aromatic rings. The van der Waals surface area contributed by atoms with Gasteiger partial charge in [0.15, 0.2) is 0 Å². The van der Waals surface area contributed by atoms with Gasteiger partial charge in [0.25, 0.3) is 5.91 Å². The summed E-state index contributed by atoms with van der Waals surface area (Å²) in [4.78, 5) is 12.8. The number of unbranched alkanes of at least 4 members (excludes halogenated alkanes) is 5. The lowest BCUT2D eigenvalue weighted by molar-refractivity contribution is -0.128. The standard InChI is InChI=1S/C17H27NO3S/c1-3-4-5-6-7-8-12-16(17(19)18-20)22-15-11-9-10-14(13-15)21-2/h9-11,13,16,20H,3-8,12H2,1-2H3,(H,18,19). The number of thioether (sulfide) groups is 1. The van der Waals surface area contributed by atoms with Crippen LogP contribution >= 0.6 is 11.8 Å². The highest BCUT2D eigenvalue weighted by molar-refractivity contribution is 8.00. The minimum atomic E-state index is -0.332. The quantitative estimate of drug-likeness (QED) is 0.274. The molecule has 0 spiro atoms. The van der Waals surface area contributed by atoms with E-state index >= 15 is 0 Å². The predicted molar refractivity (Wildman–Crippen MR) is 90.6 cm³/mol. The van der Waals surface area contributed by atoms with Crippen molar-refractivity contribution in [3.63, 3.8) is 0 Å². The number of carbonyl (C=O) groups excluding carboxylic acids is 1. The minimum absolute atomic E-state index is 0.275. The van der Waals surface area contributed by atoms with Crippen LogP contribution < -0.4 is 10.2 Å². The van der Waals surface area contributed by atoms with Crippen LogP contribution in [0.25, 0.3) is 0 Å². The number of benzene rings is 1. The van der Waals surface area contributed by atoms with Crippen LogP contribution in [0.4, 0.5) is 0 Å². The lowest BCUT2D eigenvalue weighted by Crippen LogP contribution is -2.30. The number of carbonyl (C=O) groups is 1. The maximum absolute atomic E-state index is 11.8. The molecule has 124 valence electrons. The van der Waals surface area contributed by atoms with E-state index in [0.717, 1.165) is 29.9 Å². The maximum atomic E-state index is 11.8. The SMILES string of the molecule is CCCCCCCCC(Sc1cccc(OC)c1)C(=O)NO. The van der Waals surface area contributed by atoms with Gasteiger partial charge in [-0.25, -0.2) is 5.48 Å². The first-order valence-corrected chi connectivity index (χ1v) is 8.83. The fourth-order valence-corrected chi connectivity index (χ4v) is 3.38. The molecule has 22 heavy (non-hydrogen) atoms.